The van der Waals surface area contributed by atoms with Crippen molar-refractivity contribution in [2.75, 3.05) is 44.7 Å². The SMILES string of the molecule is CC(C)c1noc(CN2CCC3(CC2)Cc2cc(-c4ccc(NC(=O)N5CCOCC5)cc4)ccc2O3)n1. The fraction of sp³-hybridized carbons (Fsp3) is 0.483. The average molecular weight is 518 g/mol. The third-order valence-electron chi connectivity index (χ3n) is 7.79. The first kappa shape index (κ1) is 24.9. The van der Waals surface area contributed by atoms with Gasteiger partial charge >= 0.3 is 6.03 Å². The highest BCUT2D eigenvalue weighted by molar-refractivity contribution is 5.89. The van der Waals surface area contributed by atoms with Gasteiger partial charge in [-0.15, -0.1) is 0 Å². The first-order chi connectivity index (χ1) is 18.5. The van der Waals surface area contributed by atoms with Crippen LogP contribution in [0.2, 0.25) is 0 Å². The molecule has 200 valence electrons. The fourth-order valence-corrected chi connectivity index (χ4v) is 5.48. The molecule has 3 aliphatic heterocycles. The van der Waals surface area contributed by atoms with Crippen LogP contribution in [0.15, 0.2) is 47.0 Å². The van der Waals surface area contributed by atoms with Crippen LogP contribution in [0.4, 0.5) is 10.5 Å². The number of ether oxygens (including phenoxy) is 2. The van der Waals surface area contributed by atoms with E-state index in [0.717, 1.165) is 60.7 Å². The van der Waals surface area contributed by atoms with E-state index in [1.54, 1.807) is 4.90 Å². The Balaban J connectivity index is 1.05. The summed E-state index contributed by atoms with van der Waals surface area (Å²) in [6.45, 7) is 9.15. The number of carbonyl (C=O) groups excluding carboxylic acids is 1. The summed E-state index contributed by atoms with van der Waals surface area (Å²) in [7, 11) is 0. The van der Waals surface area contributed by atoms with Crippen molar-refractivity contribution in [1.29, 1.82) is 0 Å². The van der Waals surface area contributed by atoms with Crippen molar-refractivity contribution in [2.45, 2.75) is 51.2 Å². The molecule has 3 aliphatic rings. The highest BCUT2D eigenvalue weighted by atomic mass is 16.5. The van der Waals surface area contributed by atoms with E-state index in [4.69, 9.17) is 14.0 Å². The quantitative estimate of drug-likeness (QED) is 0.525. The molecule has 0 bridgehead atoms. The van der Waals surface area contributed by atoms with Crippen molar-refractivity contribution in [2.24, 2.45) is 0 Å². The van der Waals surface area contributed by atoms with E-state index in [9.17, 15) is 4.79 Å². The number of piperidine rings is 1. The maximum atomic E-state index is 12.5. The Morgan fingerprint density at radius 2 is 1.76 bits per heavy atom. The number of urea groups is 1. The maximum absolute atomic E-state index is 12.5. The van der Waals surface area contributed by atoms with E-state index in [1.165, 1.54) is 5.56 Å². The molecule has 4 heterocycles. The summed E-state index contributed by atoms with van der Waals surface area (Å²) in [6.07, 6.45) is 2.87. The van der Waals surface area contributed by atoms with Gasteiger partial charge in [-0.25, -0.2) is 4.79 Å². The maximum Gasteiger partial charge on any atom is 0.321 e. The number of hydrogen-bond donors (Lipinski definition) is 1. The largest absolute Gasteiger partial charge is 0.487 e. The second kappa shape index (κ2) is 10.4. The molecule has 2 fully saturated rings. The van der Waals surface area contributed by atoms with Gasteiger partial charge in [0.05, 0.1) is 19.8 Å². The van der Waals surface area contributed by atoms with Gasteiger partial charge in [-0.3, -0.25) is 4.90 Å². The zero-order valence-electron chi connectivity index (χ0n) is 22.1. The lowest BCUT2D eigenvalue weighted by molar-refractivity contribution is 0.0142. The van der Waals surface area contributed by atoms with E-state index >= 15 is 0 Å². The van der Waals surface area contributed by atoms with E-state index in [0.29, 0.717) is 38.7 Å². The van der Waals surface area contributed by atoms with Gasteiger partial charge in [0.2, 0.25) is 5.89 Å². The lowest BCUT2D eigenvalue weighted by atomic mass is 9.86. The van der Waals surface area contributed by atoms with Crippen LogP contribution in [0.1, 0.15) is 49.9 Å². The molecule has 2 amide bonds. The summed E-state index contributed by atoms with van der Waals surface area (Å²) in [4.78, 5) is 21.2. The number of nitrogens with zero attached hydrogens (tertiary/aromatic N) is 4. The van der Waals surface area contributed by atoms with Crippen LogP contribution in [-0.2, 0) is 17.7 Å². The minimum atomic E-state index is -0.136. The van der Waals surface area contributed by atoms with Crippen molar-refractivity contribution in [3.8, 4) is 16.9 Å². The molecule has 3 aromatic rings. The first-order valence-corrected chi connectivity index (χ1v) is 13.6. The fourth-order valence-electron chi connectivity index (χ4n) is 5.48. The van der Waals surface area contributed by atoms with Gasteiger partial charge in [-0.05, 0) is 41.0 Å². The van der Waals surface area contributed by atoms with E-state index in [1.807, 2.05) is 12.1 Å². The monoisotopic (exact) mass is 517 g/mol. The predicted molar refractivity (Wildman–Crippen MR) is 143 cm³/mol. The molecule has 0 unspecified atom stereocenters. The molecule has 38 heavy (non-hydrogen) atoms. The standard InChI is InChI=1S/C29H35N5O4/c1-20(2)27-31-26(38-32-27)19-33-11-9-29(10-12-33)18-23-17-22(5-8-25(23)37-29)21-3-6-24(7-4-21)30-28(35)34-13-15-36-16-14-34/h3-8,17,20H,9-16,18-19H2,1-2H3,(H,30,35). The van der Waals surface area contributed by atoms with Gasteiger partial charge in [0.25, 0.3) is 0 Å². The van der Waals surface area contributed by atoms with E-state index in [-0.39, 0.29) is 17.6 Å². The number of rotatable bonds is 5. The summed E-state index contributed by atoms with van der Waals surface area (Å²) >= 11 is 0. The molecule has 0 saturated carbocycles. The number of amides is 2. The zero-order chi connectivity index (χ0) is 26.1. The Hall–Kier alpha value is -3.43. The summed E-state index contributed by atoms with van der Waals surface area (Å²) in [5.41, 5.74) is 4.20. The number of fused-ring (bicyclic) bond motifs is 1. The molecular weight excluding hydrogens is 482 g/mol. The smallest absolute Gasteiger partial charge is 0.321 e. The number of carbonyl (C=O) groups is 1. The van der Waals surface area contributed by atoms with Crippen molar-refractivity contribution in [3.05, 3.63) is 59.7 Å². The molecule has 1 spiro atoms. The van der Waals surface area contributed by atoms with Crippen LogP contribution >= 0.6 is 0 Å². The normalized spacial score (nSPS) is 19.0. The lowest BCUT2D eigenvalue weighted by Gasteiger charge is -2.38. The third-order valence-corrected chi connectivity index (χ3v) is 7.79. The van der Waals surface area contributed by atoms with Gasteiger partial charge in [0.1, 0.15) is 11.4 Å². The minimum absolute atomic E-state index is 0.0792. The van der Waals surface area contributed by atoms with Crippen LogP contribution in [0, 0.1) is 0 Å². The zero-order valence-corrected chi connectivity index (χ0v) is 22.1. The molecule has 0 aliphatic carbocycles. The number of anilines is 1. The minimum Gasteiger partial charge on any atom is -0.487 e. The molecular formula is C29H35N5O4. The highest BCUT2D eigenvalue weighted by Gasteiger charge is 2.42. The summed E-state index contributed by atoms with van der Waals surface area (Å²) in [5.74, 6) is 2.73. The van der Waals surface area contributed by atoms with Crippen LogP contribution in [-0.4, -0.2) is 71.0 Å². The Morgan fingerprint density at radius 1 is 1.03 bits per heavy atom. The van der Waals surface area contributed by atoms with Gasteiger partial charge in [-0.2, -0.15) is 4.98 Å². The Bertz CT molecular complexity index is 1270. The average Bonchev–Trinajstić information content (AvgIpc) is 3.55. The number of hydrogen-bond acceptors (Lipinski definition) is 7. The van der Waals surface area contributed by atoms with Crippen molar-refractivity contribution < 1.29 is 18.8 Å². The summed E-state index contributed by atoms with van der Waals surface area (Å²) in [6, 6.07) is 14.4. The molecule has 2 aromatic carbocycles. The van der Waals surface area contributed by atoms with Crippen molar-refractivity contribution in [1.82, 2.24) is 19.9 Å². The number of aromatic nitrogens is 2. The van der Waals surface area contributed by atoms with Crippen molar-refractivity contribution >= 4 is 11.7 Å². The topological polar surface area (TPSA) is 93.0 Å². The highest BCUT2D eigenvalue weighted by Crippen LogP contribution is 2.42. The molecule has 6 rings (SSSR count). The van der Waals surface area contributed by atoms with E-state index < -0.39 is 0 Å². The predicted octanol–water partition coefficient (Wildman–Crippen LogP) is 4.69. The van der Waals surface area contributed by atoms with Gasteiger partial charge in [-0.1, -0.05) is 37.2 Å². The summed E-state index contributed by atoms with van der Waals surface area (Å²) in [5, 5.41) is 7.08. The summed E-state index contributed by atoms with van der Waals surface area (Å²) < 4.78 is 17.3. The lowest BCUT2D eigenvalue weighted by Crippen LogP contribution is -2.47. The Labute approximate surface area is 223 Å². The van der Waals surface area contributed by atoms with Crippen LogP contribution in [0.5, 0.6) is 5.75 Å². The number of nitrogens with one attached hydrogen (secondary N) is 1. The first-order valence-electron chi connectivity index (χ1n) is 13.6. The van der Waals surface area contributed by atoms with Gasteiger partial charge in [0, 0.05) is 57.0 Å². The molecule has 1 aromatic heterocycles. The Morgan fingerprint density at radius 3 is 2.47 bits per heavy atom. The number of likely N-dealkylation sites (tertiary alicyclic amines) is 1. The van der Waals surface area contributed by atoms with Crippen LogP contribution in [0.3, 0.4) is 0 Å². The number of morpholine rings is 1. The van der Waals surface area contributed by atoms with Gasteiger partial charge < -0.3 is 24.2 Å². The molecule has 9 heteroatoms. The van der Waals surface area contributed by atoms with Crippen LogP contribution in [0.25, 0.3) is 11.1 Å². The molecule has 2 saturated heterocycles. The second-order valence-electron chi connectivity index (χ2n) is 10.9. The van der Waals surface area contributed by atoms with Crippen molar-refractivity contribution in [3.63, 3.8) is 0 Å². The molecule has 9 nitrogen and oxygen atoms in total. The molecule has 0 radical (unpaired) electrons. The molecule has 0 atom stereocenters. The molecule has 1 N–H and O–H groups in total. The Kier molecular flexibility index (Phi) is 6.80. The third kappa shape index (κ3) is 5.26. The van der Waals surface area contributed by atoms with E-state index in [2.05, 4.69) is 64.5 Å². The van der Waals surface area contributed by atoms with Gasteiger partial charge in [0.15, 0.2) is 5.82 Å². The second-order valence-corrected chi connectivity index (χ2v) is 10.9. The van der Waals surface area contributed by atoms with Crippen LogP contribution < -0.4 is 10.1 Å². The number of benzene rings is 2.